The number of hydrogen-bond donors (Lipinski definition) is 2. The van der Waals surface area contributed by atoms with Gasteiger partial charge in [0.15, 0.2) is 0 Å². The Kier molecular flexibility index (Phi) is 2.79. The van der Waals surface area contributed by atoms with E-state index in [9.17, 15) is 0 Å². The summed E-state index contributed by atoms with van der Waals surface area (Å²) in [5.74, 6) is 0. The van der Waals surface area contributed by atoms with Crippen molar-refractivity contribution in [2.24, 2.45) is 0 Å². The van der Waals surface area contributed by atoms with Gasteiger partial charge in [-0.15, -0.1) is 0 Å². The number of nitrogens with zero attached hydrogens (tertiary/aromatic N) is 1. The van der Waals surface area contributed by atoms with E-state index in [-0.39, 0.29) is 0 Å². The molecule has 0 atom stereocenters. The predicted octanol–water partition coefficient (Wildman–Crippen LogP) is 4.88. The predicted molar refractivity (Wildman–Crippen MR) is 86.3 cm³/mol. The number of para-hydroxylation sites is 1. The van der Waals surface area contributed by atoms with E-state index in [0.717, 1.165) is 32.9 Å². The second kappa shape index (κ2) is 4.79. The first kappa shape index (κ1) is 12.2. The summed E-state index contributed by atoms with van der Waals surface area (Å²) in [5, 5.41) is 9.22. The fourth-order valence-electron chi connectivity index (χ4n) is 2.62. The highest BCUT2D eigenvalue weighted by Crippen LogP contribution is 2.34. The summed E-state index contributed by atoms with van der Waals surface area (Å²) in [4.78, 5) is 3.30. The van der Waals surface area contributed by atoms with E-state index >= 15 is 0 Å². The number of fused-ring (bicyclic) bond motifs is 1. The van der Waals surface area contributed by atoms with Crippen molar-refractivity contribution in [3.8, 4) is 22.4 Å². The Bertz CT molecular complexity index is 903. The number of aromatic amines is 2. The SMILES string of the molecule is Clc1ccc(-c2[nH]ncc2-c2c[nH]c3ccccc23)cc1. The number of rotatable bonds is 2. The Morgan fingerprint density at radius 2 is 1.71 bits per heavy atom. The van der Waals surface area contributed by atoms with Gasteiger partial charge in [-0.05, 0) is 18.2 Å². The molecule has 102 valence electrons. The fraction of sp³-hybridized carbons (Fsp3) is 0. The quantitative estimate of drug-likeness (QED) is 0.543. The molecule has 0 aliphatic rings. The van der Waals surface area contributed by atoms with E-state index in [1.165, 1.54) is 5.39 Å². The zero-order chi connectivity index (χ0) is 14.2. The Hall–Kier alpha value is -2.52. The van der Waals surface area contributed by atoms with Crippen molar-refractivity contribution in [3.05, 3.63) is 65.9 Å². The molecule has 4 aromatic rings. The van der Waals surface area contributed by atoms with Crippen molar-refractivity contribution < 1.29 is 0 Å². The summed E-state index contributed by atoms with van der Waals surface area (Å²) in [6.07, 6.45) is 3.88. The first-order valence-electron chi connectivity index (χ1n) is 6.69. The van der Waals surface area contributed by atoms with Crippen LogP contribution >= 0.6 is 11.6 Å². The van der Waals surface area contributed by atoms with Crippen LogP contribution in [0.3, 0.4) is 0 Å². The van der Waals surface area contributed by atoms with Crippen molar-refractivity contribution in [2.75, 3.05) is 0 Å². The van der Waals surface area contributed by atoms with E-state index in [4.69, 9.17) is 11.6 Å². The Morgan fingerprint density at radius 1 is 0.905 bits per heavy atom. The van der Waals surface area contributed by atoms with Crippen LogP contribution in [0.2, 0.25) is 5.02 Å². The topological polar surface area (TPSA) is 44.5 Å². The molecule has 2 N–H and O–H groups in total. The van der Waals surface area contributed by atoms with Gasteiger partial charge in [0.1, 0.15) is 0 Å². The Balaban J connectivity index is 1.91. The maximum absolute atomic E-state index is 5.96. The molecule has 3 nitrogen and oxygen atoms in total. The molecule has 0 aliphatic carbocycles. The van der Waals surface area contributed by atoms with Gasteiger partial charge < -0.3 is 4.98 Å². The lowest BCUT2D eigenvalue weighted by atomic mass is 10.0. The van der Waals surface area contributed by atoms with Gasteiger partial charge >= 0.3 is 0 Å². The second-order valence-electron chi connectivity index (χ2n) is 4.91. The third kappa shape index (κ3) is 2.03. The molecule has 0 amide bonds. The number of halogens is 1. The van der Waals surface area contributed by atoms with Crippen LogP contribution in [-0.4, -0.2) is 15.2 Å². The van der Waals surface area contributed by atoms with Gasteiger partial charge in [0.25, 0.3) is 0 Å². The summed E-state index contributed by atoms with van der Waals surface area (Å²) < 4.78 is 0. The molecule has 21 heavy (non-hydrogen) atoms. The fourth-order valence-corrected chi connectivity index (χ4v) is 2.75. The van der Waals surface area contributed by atoms with E-state index in [0.29, 0.717) is 0 Å². The van der Waals surface area contributed by atoms with Crippen molar-refractivity contribution in [1.82, 2.24) is 15.2 Å². The highest BCUT2D eigenvalue weighted by Gasteiger charge is 2.13. The van der Waals surface area contributed by atoms with E-state index < -0.39 is 0 Å². The zero-order valence-corrected chi connectivity index (χ0v) is 11.9. The molecule has 0 saturated carbocycles. The molecule has 4 heteroatoms. The maximum Gasteiger partial charge on any atom is 0.0729 e. The average Bonchev–Trinajstić information content (AvgIpc) is 3.14. The molecule has 0 spiro atoms. The van der Waals surface area contributed by atoms with Crippen LogP contribution in [0.25, 0.3) is 33.3 Å². The van der Waals surface area contributed by atoms with Crippen molar-refractivity contribution in [3.63, 3.8) is 0 Å². The number of hydrogen-bond acceptors (Lipinski definition) is 1. The monoisotopic (exact) mass is 293 g/mol. The summed E-state index contributed by atoms with van der Waals surface area (Å²) in [6, 6.07) is 16.0. The van der Waals surface area contributed by atoms with Gasteiger partial charge in [-0.3, -0.25) is 5.10 Å². The highest BCUT2D eigenvalue weighted by atomic mass is 35.5. The van der Waals surface area contributed by atoms with Gasteiger partial charge in [0.05, 0.1) is 11.9 Å². The molecule has 0 unspecified atom stereocenters. The van der Waals surface area contributed by atoms with E-state index in [1.807, 2.05) is 48.8 Å². The Morgan fingerprint density at radius 3 is 2.57 bits per heavy atom. The normalized spacial score (nSPS) is 11.1. The van der Waals surface area contributed by atoms with Crippen LogP contribution < -0.4 is 0 Å². The van der Waals surface area contributed by atoms with Gasteiger partial charge in [-0.1, -0.05) is 41.9 Å². The summed E-state index contributed by atoms with van der Waals surface area (Å²) in [6.45, 7) is 0. The van der Waals surface area contributed by atoms with Crippen LogP contribution in [-0.2, 0) is 0 Å². The summed E-state index contributed by atoms with van der Waals surface area (Å²) >= 11 is 5.96. The van der Waals surface area contributed by atoms with E-state index in [1.54, 1.807) is 0 Å². The smallest absolute Gasteiger partial charge is 0.0729 e. The molecular formula is C17H12ClN3. The largest absolute Gasteiger partial charge is 0.361 e. The third-order valence-electron chi connectivity index (χ3n) is 3.65. The molecule has 0 fully saturated rings. The average molecular weight is 294 g/mol. The number of aromatic nitrogens is 3. The second-order valence-corrected chi connectivity index (χ2v) is 5.35. The van der Waals surface area contributed by atoms with Crippen LogP contribution in [0.5, 0.6) is 0 Å². The van der Waals surface area contributed by atoms with Crippen molar-refractivity contribution in [1.29, 1.82) is 0 Å². The molecule has 4 rings (SSSR count). The Labute approximate surface area is 126 Å². The third-order valence-corrected chi connectivity index (χ3v) is 3.90. The standard InChI is InChI=1S/C17H12ClN3/c18-12-7-5-11(6-8-12)17-15(10-20-21-17)14-9-19-16-4-2-1-3-13(14)16/h1-10,19H,(H,20,21). The van der Waals surface area contributed by atoms with Gasteiger partial charge in [0, 0.05) is 38.8 Å². The molecule has 2 heterocycles. The van der Waals surface area contributed by atoms with Crippen LogP contribution in [0.1, 0.15) is 0 Å². The minimum Gasteiger partial charge on any atom is -0.361 e. The van der Waals surface area contributed by atoms with Crippen molar-refractivity contribution >= 4 is 22.5 Å². The van der Waals surface area contributed by atoms with E-state index in [2.05, 4.69) is 27.3 Å². The first-order chi connectivity index (χ1) is 10.3. The maximum atomic E-state index is 5.96. The number of H-pyrrole nitrogens is 2. The molecule has 0 saturated heterocycles. The molecule has 2 aromatic carbocycles. The number of benzene rings is 2. The van der Waals surface area contributed by atoms with Gasteiger partial charge in [-0.2, -0.15) is 5.10 Å². The lowest BCUT2D eigenvalue weighted by Crippen LogP contribution is -1.81. The minimum atomic E-state index is 0.729. The molecule has 2 aromatic heterocycles. The molecular weight excluding hydrogens is 282 g/mol. The molecule has 0 radical (unpaired) electrons. The first-order valence-corrected chi connectivity index (χ1v) is 7.06. The van der Waals surface area contributed by atoms with Crippen LogP contribution in [0, 0.1) is 0 Å². The van der Waals surface area contributed by atoms with Crippen LogP contribution in [0.4, 0.5) is 0 Å². The summed E-state index contributed by atoms with van der Waals surface area (Å²) in [7, 11) is 0. The minimum absolute atomic E-state index is 0.729. The zero-order valence-electron chi connectivity index (χ0n) is 11.1. The molecule has 0 aliphatic heterocycles. The highest BCUT2D eigenvalue weighted by molar-refractivity contribution is 6.30. The van der Waals surface area contributed by atoms with Crippen LogP contribution in [0.15, 0.2) is 60.9 Å². The van der Waals surface area contributed by atoms with Gasteiger partial charge in [-0.25, -0.2) is 0 Å². The lowest BCUT2D eigenvalue weighted by molar-refractivity contribution is 1.10. The molecule has 0 bridgehead atoms. The summed E-state index contributed by atoms with van der Waals surface area (Å²) in [5.41, 5.74) is 5.41. The lowest BCUT2D eigenvalue weighted by Gasteiger charge is -2.03. The van der Waals surface area contributed by atoms with Crippen molar-refractivity contribution in [2.45, 2.75) is 0 Å². The van der Waals surface area contributed by atoms with Gasteiger partial charge in [0.2, 0.25) is 0 Å². The number of nitrogens with one attached hydrogen (secondary N) is 2.